The van der Waals surface area contributed by atoms with E-state index in [1.807, 2.05) is 0 Å². The molecular weight excluding hydrogens is 278 g/mol. The summed E-state index contributed by atoms with van der Waals surface area (Å²) in [5.74, 6) is -0.780. The molecule has 1 rings (SSSR count). The third-order valence-corrected chi connectivity index (χ3v) is 2.59. The van der Waals surface area contributed by atoms with Crippen LogP contribution in [-0.4, -0.2) is 18.6 Å². The average Bonchev–Trinajstić information content (AvgIpc) is 2.20. The van der Waals surface area contributed by atoms with Gasteiger partial charge in [0, 0.05) is 10.0 Å². The zero-order valence-corrected chi connectivity index (χ0v) is 9.96. The van der Waals surface area contributed by atoms with Crippen molar-refractivity contribution < 1.29 is 18.0 Å². The highest BCUT2D eigenvalue weighted by Crippen LogP contribution is 2.24. The minimum Gasteiger partial charge on any atom is -0.347 e. The van der Waals surface area contributed by atoms with Crippen LogP contribution in [-0.2, 0) is 11.2 Å². The third-order valence-electron chi connectivity index (χ3n) is 1.89. The molecule has 94 valence electrons. The van der Waals surface area contributed by atoms with Gasteiger partial charge in [-0.1, -0.05) is 29.3 Å². The topological polar surface area (TPSA) is 29.1 Å². The minimum atomic E-state index is -4.43. The highest BCUT2D eigenvalue weighted by Gasteiger charge is 2.27. The number of hydrogen-bond donors (Lipinski definition) is 1. The van der Waals surface area contributed by atoms with E-state index in [1.54, 1.807) is 11.4 Å². The molecule has 0 aromatic heterocycles. The van der Waals surface area contributed by atoms with Crippen LogP contribution >= 0.6 is 23.2 Å². The van der Waals surface area contributed by atoms with Crippen molar-refractivity contribution in [2.24, 2.45) is 0 Å². The van der Waals surface area contributed by atoms with Crippen LogP contribution in [0.1, 0.15) is 5.56 Å². The molecule has 2 nitrogen and oxygen atoms in total. The van der Waals surface area contributed by atoms with Gasteiger partial charge in [-0.05, 0) is 17.7 Å². The van der Waals surface area contributed by atoms with Gasteiger partial charge in [0.25, 0.3) is 0 Å². The van der Waals surface area contributed by atoms with E-state index in [-0.39, 0.29) is 16.5 Å². The van der Waals surface area contributed by atoms with E-state index in [2.05, 4.69) is 0 Å². The zero-order chi connectivity index (χ0) is 13.1. The van der Waals surface area contributed by atoms with E-state index in [4.69, 9.17) is 23.2 Å². The lowest BCUT2D eigenvalue weighted by molar-refractivity contribution is -0.138. The molecule has 0 aliphatic heterocycles. The van der Waals surface area contributed by atoms with Crippen molar-refractivity contribution >= 4 is 29.1 Å². The van der Waals surface area contributed by atoms with Gasteiger partial charge in [0.2, 0.25) is 5.91 Å². The molecule has 1 aromatic carbocycles. The molecular formula is C10H8Cl2F3NO. The molecule has 0 radical (unpaired) electrons. The van der Waals surface area contributed by atoms with E-state index < -0.39 is 18.6 Å². The van der Waals surface area contributed by atoms with E-state index in [9.17, 15) is 18.0 Å². The highest BCUT2D eigenvalue weighted by atomic mass is 35.5. The van der Waals surface area contributed by atoms with E-state index >= 15 is 0 Å². The van der Waals surface area contributed by atoms with Crippen molar-refractivity contribution in [1.29, 1.82) is 0 Å². The van der Waals surface area contributed by atoms with Crippen LogP contribution in [0, 0.1) is 0 Å². The maximum atomic E-state index is 11.8. The first kappa shape index (κ1) is 14.1. The first-order chi connectivity index (χ1) is 7.79. The Morgan fingerprint density at radius 3 is 2.24 bits per heavy atom. The first-order valence-corrected chi connectivity index (χ1v) is 5.31. The van der Waals surface area contributed by atoms with Gasteiger partial charge in [-0.15, -0.1) is 0 Å². The summed E-state index contributed by atoms with van der Waals surface area (Å²) in [6.45, 7) is -1.37. The Bertz CT molecular complexity index is 400. The van der Waals surface area contributed by atoms with Gasteiger partial charge < -0.3 is 5.32 Å². The Kier molecular flexibility index (Phi) is 4.65. The van der Waals surface area contributed by atoms with Gasteiger partial charge in [-0.2, -0.15) is 13.2 Å². The lowest BCUT2D eigenvalue weighted by Crippen LogP contribution is -2.34. The molecule has 0 heterocycles. The second-order valence-corrected chi connectivity index (χ2v) is 4.08. The van der Waals surface area contributed by atoms with Crippen molar-refractivity contribution in [2.45, 2.75) is 12.6 Å². The normalized spacial score (nSPS) is 11.4. The Hall–Kier alpha value is -0.940. The number of nitrogens with one attached hydrogen (secondary N) is 1. The van der Waals surface area contributed by atoms with Gasteiger partial charge >= 0.3 is 6.18 Å². The number of halogens is 5. The second kappa shape index (κ2) is 5.60. The second-order valence-electron chi connectivity index (χ2n) is 3.27. The summed E-state index contributed by atoms with van der Waals surface area (Å²) in [5.41, 5.74) is 0.315. The van der Waals surface area contributed by atoms with E-state index in [0.717, 1.165) is 0 Å². The van der Waals surface area contributed by atoms with Crippen molar-refractivity contribution in [3.63, 3.8) is 0 Å². The molecule has 1 amide bonds. The molecule has 0 aliphatic rings. The fraction of sp³-hybridized carbons (Fsp3) is 0.300. The molecule has 0 atom stereocenters. The fourth-order valence-electron chi connectivity index (χ4n) is 1.12. The quantitative estimate of drug-likeness (QED) is 0.908. The molecule has 0 aliphatic carbocycles. The third kappa shape index (κ3) is 4.83. The largest absolute Gasteiger partial charge is 0.405 e. The number of hydrogen-bond acceptors (Lipinski definition) is 1. The average molecular weight is 286 g/mol. The molecule has 0 spiro atoms. The van der Waals surface area contributed by atoms with Crippen molar-refractivity contribution in [1.82, 2.24) is 5.32 Å². The molecule has 1 N–H and O–H groups in total. The van der Waals surface area contributed by atoms with Gasteiger partial charge in [0.15, 0.2) is 0 Å². The molecule has 0 fully saturated rings. The summed E-state index contributed by atoms with van der Waals surface area (Å²) in [5, 5.41) is 2.24. The predicted molar refractivity (Wildman–Crippen MR) is 59.2 cm³/mol. The predicted octanol–water partition coefficient (Wildman–Crippen LogP) is 3.21. The lowest BCUT2D eigenvalue weighted by Gasteiger charge is -2.09. The molecule has 0 saturated carbocycles. The molecule has 0 saturated heterocycles. The summed E-state index contributed by atoms with van der Waals surface area (Å²) >= 11 is 11.6. The Labute approximate surface area is 106 Å². The Morgan fingerprint density at radius 2 is 1.76 bits per heavy atom. The number of amides is 1. The molecule has 0 bridgehead atoms. The number of benzene rings is 1. The number of alkyl halides is 3. The van der Waals surface area contributed by atoms with Crippen molar-refractivity contribution in [2.75, 3.05) is 6.54 Å². The summed E-state index contributed by atoms with van der Waals surface area (Å²) in [7, 11) is 0. The van der Waals surface area contributed by atoms with Gasteiger partial charge in [0.05, 0.1) is 6.42 Å². The number of carbonyl (C=O) groups is 1. The van der Waals surface area contributed by atoms with Crippen LogP contribution in [0.4, 0.5) is 13.2 Å². The van der Waals surface area contributed by atoms with Crippen molar-refractivity contribution in [3.05, 3.63) is 33.8 Å². The molecule has 17 heavy (non-hydrogen) atoms. The monoisotopic (exact) mass is 285 g/mol. The van der Waals surface area contributed by atoms with Gasteiger partial charge in [0.1, 0.15) is 6.54 Å². The molecule has 0 unspecified atom stereocenters. The maximum Gasteiger partial charge on any atom is 0.405 e. The standard InChI is InChI=1S/C10H8Cl2F3NO/c11-7-2-1-3-8(12)6(7)4-9(17)16-5-10(13,14)15/h1-3H,4-5H2,(H,16,17). The minimum absolute atomic E-state index is 0.250. The van der Waals surface area contributed by atoms with Crippen LogP contribution in [0.15, 0.2) is 18.2 Å². The van der Waals surface area contributed by atoms with Crippen LogP contribution in [0.25, 0.3) is 0 Å². The molecule has 7 heteroatoms. The van der Waals surface area contributed by atoms with Crippen LogP contribution in [0.3, 0.4) is 0 Å². The van der Waals surface area contributed by atoms with Crippen LogP contribution in [0.5, 0.6) is 0 Å². The summed E-state index contributed by atoms with van der Waals surface area (Å²) in [6, 6.07) is 4.61. The van der Waals surface area contributed by atoms with Crippen LogP contribution in [0.2, 0.25) is 10.0 Å². The van der Waals surface area contributed by atoms with E-state index in [1.165, 1.54) is 12.1 Å². The summed E-state index contributed by atoms with van der Waals surface area (Å²) in [6.07, 6.45) is -4.71. The first-order valence-electron chi connectivity index (χ1n) is 4.56. The van der Waals surface area contributed by atoms with Gasteiger partial charge in [-0.3, -0.25) is 4.79 Å². The SMILES string of the molecule is O=C(Cc1c(Cl)cccc1Cl)NCC(F)(F)F. The fourth-order valence-corrected chi connectivity index (χ4v) is 1.65. The smallest absolute Gasteiger partial charge is 0.347 e. The van der Waals surface area contributed by atoms with Crippen molar-refractivity contribution in [3.8, 4) is 0 Å². The summed E-state index contributed by atoms with van der Waals surface area (Å²) < 4.78 is 35.5. The number of carbonyl (C=O) groups excluding carboxylic acids is 1. The van der Waals surface area contributed by atoms with Crippen LogP contribution < -0.4 is 5.32 Å². The Morgan fingerprint density at radius 1 is 1.24 bits per heavy atom. The maximum absolute atomic E-state index is 11.8. The zero-order valence-electron chi connectivity index (χ0n) is 8.44. The van der Waals surface area contributed by atoms with E-state index in [0.29, 0.717) is 5.56 Å². The van der Waals surface area contributed by atoms with Gasteiger partial charge in [-0.25, -0.2) is 0 Å². The lowest BCUT2D eigenvalue weighted by atomic mass is 10.1. The highest BCUT2D eigenvalue weighted by molar-refractivity contribution is 6.36. The number of rotatable bonds is 3. The molecule has 1 aromatic rings. The summed E-state index contributed by atoms with van der Waals surface area (Å²) in [4.78, 5) is 11.2. The Balaban J connectivity index is 2.63.